The minimum absolute atomic E-state index is 0.388. The molecule has 0 fully saturated rings. The van der Waals surface area contributed by atoms with E-state index in [4.69, 9.17) is 34.8 Å². The molecule has 82 valence electrons. The quantitative estimate of drug-likeness (QED) is 0.719. The zero-order chi connectivity index (χ0) is 11.7. The van der Waals surface area contributed by atoms with Gasteiger partial charge in [0.05, 0.1) is 10.0 Å². The zero-order valence-corrected chi connectivity index (χ0v) is 10.6. The first-order chi connectivity index (χ1) is 7.58. The van der Waals surface area contributed by atoms with Crippen LogP contribution >= 0.6 is 34.8 Å². The molecule has 1 aromatic carbocycles. The lowest BCUT2D eigenvalue weighted by atomic mass is 10.2. The molecular weight excluding hydrogens is 266 g/mol. The Morgan fingerprint density at radius 1 is 1.06 bits per heavy atom. The third-order valence-corrected chi connectivity index (χ3v) is 3.03. The number of nitrogens with zero attached hydrogens (tertiary/aromatic N) is 2. The topological polar surface area (TPSA) is 25.8 Å². The Labute approximate surface area is 108 Å². The van der Waals surface area contributed by atoms with Gasteiger partial charge in [0.1, 0.15) is 5.15 Å². The normalized spacial score (nSPS) is 10.5. The molecular formula is C11H7Cl3N2. The molecule has 0 amide bonds. The molecule has 1 aromatic heterocycles. The third-order valence-electron chi connectivity index (χ3n) is 2.02. The summed E-state index contributed by atoms with van der Waals surface area (Å²) in [5.41, 5.74) is 1.46. The molecule has 2 nitrogen and oxygen atoms in total. The highest BCUT2D eigenvalue weighted by Crippen LogP contribution is 2.31. The van der Waals surface area contributed by atoms with Crippen molar-refractivity contribution < 1.29 is 0 Å². The largest absolute Gasteiger partial charge is 0.233 e. The van der Waals surface area contributed by atoms with Crippen LogP contribution in [0.15, 0.2) is 24.3 Å². The maximum atomic E-state index is 6.08. The summed E-state index contributed by atoms with van der Waals surface area (Å²) >= 11 is 17.9. The molecule has 0 spiro atoms. The minimum Gasteiger partial charge on any atom is -0.233 e. The van der Waals surface area contributed by atoms with E-state index in [9.17, 15) is 0 Å². The molecule has 1 heterocycles. The zero-order valence-electron chi connectivity index (χ0n) is 8.34. The van der Waals surface area contributed by atoms with E-state index in [0.29, 0.717) is 26.6 Å². The summed E-state index contributed by atoms with van der Waals surface area (Å²) in [6, 6.07) is 7.00. The van der Waals surface area contributed by atoms with Gasteiger partial charge >= 0.3 is 0 Å². The maximum absolute atomic E-state index is 6.08. The van der Waals surface area contributed by atoms with Crippen LogP contribution in [0.3, 0.4) is 0 Å². The van der Waals surface area contributed by atoms with Crippen molar-refractivity contribution in [3.8, 4) is 11.4 Å². The highest BCUT2D eigenvalue weighted by Gasteiger charge is 2.10. The van der Waals surface area contributed by atoms with Crippen molar-refractivity contribution in [2.24, 2.45) is 0 Å². The molecule has 0 bridgehead atoms. The fourth-order valence-corrected chi connectivity index (χ4v) is 1.95. The van der Waals surface area contributed by atoms with Gasteiger partial charge in [0, 0.05) is 11.3 Å². The lowest BCUT2D eigenvalue weighted by Crippen LogP contribution is -1.93. The number of aryl methyl sites for hydroxylation is 1. The molecule has 16 heavy (non-hydrogen) atoms. The van der Waals surface area contributed by atoms with Crippen LogP contribution in [0.25, 0.3) is 11.4 Å². The van der Waals surface area contributed by atoms with Gasteiger partial charge in [0.25, 0.3) is 0 Å². The average Bonchev–Trinajstić information content (AvgIpc) is 2.20. The van der Waals surface area contributed by atoms with Crippen LogP contribution in [-0.2, 0) is 0 Å². The first-order valence-corrected chi connectivity index (χ1v) is 5.67. The van der Waals surface area contributed by atoms with Crippen molar-refractivity contribution in [3.63, 3.8) is 0 Å². The van der Waals surface area contributed by atoms with E-state index in [1.807, 2.05) is 6.92 Å². The number of aromatic nitrogens is 2. The Kier molecular flexibility index (Phi) is 3.33. The molecule has 2 rings (SSSR count). The summed E-state index contributed by atoms with van der Waals surface area (Å²) in [6.45, 7) is 1.84. The Bertz CT molecular complexity index is 520. The lowest BCUT2D eigenvalue weighted by Gasteiger charge is -2.05. The summed E-state index contributed by atoms with van der Waals surface area (Å²) in [4.78, 5) is 8.38. The number of benzene rings is 1. The monoisotopic (exact) mass is 272 g/mol. The first kappa shape index (κ1) is 11.6. The van der Waals surface area contributed by atoms with Gasteiger partial charge in [-0.2, -0.15) is 0 Å². The van der Waals surface area contributed by atoms with E-state index in [2.05, 4.69) is 9.97 Å². The predicted molar refractivity (Wildman–Crippen MR) is 67.2 cm³/mol. The summed E-state index contributed by atoms with van der Waals surface area (Å²) in [7, 11) is 0. The molecule has 2 aromatic rings. The van der Waals surface area contributed by atoms with Crippen molar-refractivity contribution in [3.05, 3.63) is 45.2 Å². The van der Waals surface area contributed by atoms with Crippen LogP contribution in [0, 0.1) is 6.92 Å². The number of hydrogen-bond donors (Lipinski definition) is 0. The van der Waals surface area contributed by atoms with Crippen molar-refractivity contribution >= 4 is 34.8 Å². The van der Waals surface area contributed by atoms with E-state index >= 15 is 0 Å². The maximum Gasteiger partial charge on any atom is 0.162 e. The molecule has 0 saturated heterocycles. The van der Waals surface area contributed by atoms with Gasteiger partial charge in [-0.25, -0.2) is 9.97 Å². The van der Waals surface area contributed by atoms with Crippen LogP contribution in [0.2, 0.25) is 15.2 Å². The van der Waals surface area contributed by atoms with Crippen LogP contribution in [0.1, 0.15) is 5.69 Å². The molecule has 0 N–H and O–H groups in total. The molecule has 5 heteroatoms. The Morgan fingerprint density at radius 2 is 1.81 bits per heavy atom. The summed E-state index contributed by atoms with van der Waals surface area (Å²) in [5, 5.41) is 1.30. The second kappa shape index (κ2) is 4.58. The molecule has 0 aliphatic heterocycles. The standard InChI is InChI=1S/C11H7Cl3N2/c1-6-5-9(13)16-11(15-6)7-3-2-4-8(12)10(7)14/h2-5H,1H3. The number of hydrogen-bond acceptors (Lipinski definition) is 2. The van der Waals surface area contributed by atoms with E-state index in [0.717, 1.165) is 5.69 Å². The second-order valence-corrected chi connectivity index (χ2v) is 4.43. The van der Waals surface area contributed by atoms with E-state index < -0.39 is 0 Å². The van der Waals surface area contributed by atoms with Crippen molar-refractivity contribution in [2.75, 3.05) is 0 Å². The first-order valence-electron chi connectivity index (χ1n) is 4.53. The summed E-state index contributed by atoms with van der Waals surface area (Å²) in [6.07, 6.45) is 0. The number of halogens is 3. The van der Waals surface area contributed by atoms with Crippen molar-refractivity contribution in [1.29, 1.82) is 0 Å². The van der Waals surface area contributed by atoms with Gasteiger partial charge in [0.15, 0.2) is 5.82 Å². The minimum atomic E-state index is 0.388. The smallest absolute Gasteiger partial charge is 0.162 e. The van der Waals surface area contributed by atoms with Crippen LogP contribution in [0.5, 0.6) is 0 Å². The lowest BCUT2D eigenvalue weighted by molar-refractivity contribution is 1.11. The summed E-state index contributed by atoms with van der Waals surface area (Å²) < 4.78 is 0. The van der Waals surface area contributed by atoms with E-state index in [1.54, 1.807) is 24.3 Å². The molecule has 0 saturated carbocycles. The van der Waals surface area contributed by atoms with Crippen LogP contribution in [0.4, 0.5) is 0 Å². The third kappa shape index (κ3) is 2.29. The van der Waals surface area contributed by atoms with Gasteiger partial charge in [0.2, 0.25) is 0 Å². The highest BCUT2D eigenvalue weighted by molar-refractivity contribution is 6.43. The van der Waals surface area contributed by atoms with Crippen LogP contribution in [-0.4, -0.2) is 9.97 Å². The van der Waals surface area contributed by atoms with Gasteiger partial charge < -0.3 is 0 Å². The molecule has 0 aliphatic carbocycles. The number of rotatable bonds is 1. The SMILES string of the molecule is Cc1cc(Cl)nc(-c2cccc(Cl)c2Cl)n1. The molecule has 0 unspecified atom stereocenters. The fraction of sp³-hybridized carbons (Fsp3) is 0.0909. The van der Waals surface area contributed by atoms with Crippen molar-refractivity contribution in [1.82, 2.24) is 9.97 Å². The summed E-state index contributed by atoms with van der Waals surface area (Å²) in [5.74, 6) is 0.484. The van der Waals surface area contributed by atoms with Gasteiger partial charge in [-0.1, -0.05) is 40.9 Å². The van der Waals surface area contributed by atoms with Gasteiger partial charge in [-0.05, 0) is 25.1 Å². The van der Waals surface area contributed by atoms with Crippen molar-refractivity contribution in [2.45, 2.75) is 6.92 Å². The second-order valence-electron chi connectivity index (χ2n) is 3.26. The molecule has 0 atom stereocenters. The Hall–Kier alpha value is -0.830. The Balaban J connectivity index is 2.63. The molecule has 0 radical (unpaired) electrons. The Morgan fingerprint density at radius 3 is 2.50 bits per heavy atom. The fourth-order valence-electron chi connectivity index (χ4n) is 1.33. The van der Waals surface area contributed by atoms with Crippen LogP contribution < -0.4 is 0 Å². The molecule has 0 aliphatic rings. The highest BCUT2D eigenvalue weighted by atomic mass is 35.5. The van der Waals surface area contributed by atoms with E-state index in [-0.39, 0.29) is 0 Å². The van der Waals surface area contributed by atoms with E-state index in [1.165, 1.54) is 0 Å². The predicted octanol–water partition coefficient (Wildman–Crippen LogP) is 4.41. The average molecular weight is 274 g/mol. The van der Waals surface area contributed by atoms with Gasteiger partial charge in [-0.15, -0.1) is 0 Å². The van der Waals surface area contributed by atoms with Gasteiger partial charge in [-0.3, -0.25) is 0 Å².